The molecular weight excluding hydrogens is 457 g/mol. The van der Waals surface area contributed by atoms with Crippen molar-refractivity contribution in [3.05, 3.63) is 89.4 Å². The van der Waals surface area contributed by atoms with Gasteiger partial charge in [-0.1, -0.05) is 23.9 Å². The molecule has 0 aliphatic rings. The zero-order chi connectivity index (χ0) is 24.1. The first-order valence-electron chi connectivity index (χ1n) is 10.4. The maximum atomic E-state index is 13.1. The minimum atomic E-state index is -0.374. The summed E-state index contributed by atoms with van der Waals surface area (Å²) in [7, 11) is 0. The van der Waals surface area contributed by atoms with Gasteiger partial charge in [-0.2, -0.15) is 0 Å². The van der Waals surface area contributed by atoms with Crippen LogP contribution in [0.3, 0.4) is 0 Å². The number of hydrogen-bond donors (Lipinski definition) is 2. The number of furan rings is 1. The number of aryl methyl sites for hydroxylation is 2. The summed E-state index contributed by atoms with van der Waals surface area (Å²) in [4.78, 5) is 24.8. The Morgan fingerprint density at radius 3 is 2.62 bits per heavy atom. The molecular formula is C24H22FN5O3S. The molecule has 0 fully saturated rings. The summed E-state index contributed by atoms with van der Waals surface area (Å²) < 4.78 is 20.1. The fourth-order valence-corrected chi connectivity index (χ4v) is 3.99. The quantitative estimate of drug-likeness (QED) is 0.366. The Bertz CT molecular complexity index is 1300. The predicted octanol–water partition coefficient (Wildman–Crippen LogP) is 4.28. The number of amides is 2. The Morgan fingerprint density at radius 2 is 1.88 bits per heavy atom. The molecule has 4 aromatic rings. The highest BCUT2D eigenvalue weighted by Gasteiger charge is 2.19. The monoisotopic (exact) mass is 479 g/mol. The first-order valence-corrected chi connectivity index (χ1v) is 11.4. The van der Waals surface area contributed by atoms with Gasteiger partial charge in [-0.3, -0.25) is 14.2 Å². The van der Waals surface area contributed by atoms with Crippen LogP contribution < -0.4 is 10.6 Å². The number of rotatable bonds is 8. The van der Waals surface area contributed by atoms with Crippen molar-refractivity contribution in [2.24, 2.45) is 0 Å². The molecule has 2 amide bonds. The second-order valence-electron chi connectivity index (χ2n) is 7.53. The zero-order valence-electron chi connectivity index (χ0n) is 18.5. The molecule has 0 saturated carbocycles. The molecule has 2 aromatic carbocycles. The van der Waals surface area contributed by atoms with Crippen LogP contribution in [-0.2, 0) is 11.3 Å². The number of nitrogens with zero attached hydrogens (tertiary/aromatic N) is 3. The maximum Gasteiger partial charge on any atom is 0.287 e. The highest BCUT2D eigenvalue weighted by molar-refractivity contribution is 7.99. The number of carbonyl (C=O) groups is 2. The molecule has 4 rings (SSSR count). The Morgan fingerprint density at radius 1 is 1.09 bits per heavy atom. The number of carbonyl (C=O) groups excluding carboxylic acids is 2. The van der Waals surface area contributed by atoms with E-state index in [9.17, 15) is 14.0 Å². The van der Waals surface area contributed by atoms with E-state index in [1.165, 1.54) is 42.3 Å². The Labute approximate surface area is 199 Å². The van der Waals surface area contributed by atoms with Crippen LogP contribution in [0.4, 0.5) is 10.1 Å². The highest BCUT2D eigenvalue weighted by atomic mass is 32.2. The van der Waals surface area contributed by atoms with E-state index >= 15 is 0 Å². The number of benzene rings is 2. The van der Waals surface area contributed by atoms with Crippen LogP contribution in [0.25, 0.3) is 5.69 Å². The summed E-state index contributed by atoms with van der Waals surface area (Å²) in [6.45, 7) is 4.06. The van der Waals surface area contributed by atoms with Crippen molar-refractivity contribution < 1.29 is 18.4 Å². The number of thioether (sulfide) groups is 1. The molecule has 0 saturated heterocycles. The van der Waals surface area contributed by atoms with Crippen molar-refractivity contribution in [2.45, 2.75) is 25.5 Å². The fraction of sp³-hybridized carbons (Fsp3) is 0.167. The topological polar surface area (TPSA) is 102 Å². The van der Waals surface area contributed by atoms with Crippen LogP contribution >= 0.6 is 11.8 Å². The van der Waals surface area contributed by atoms with Crippen LogP contribution in [0.5, 0.6) is 0 Å². The molecule has 0 unspecified atom stereocenters. The number of nitrogens with one attached hydrogen (secondary N) is 2. The van der Waals surface area contributed by atoms with E-state index in [1.807, 2.05) is 36.6 Å². The van der Waals surface area contributed by atoms with Crippen LogP contribution in [0, 0.1) is 19.7 Å². The van der Waals surface area contributed by atoms with Gasteiger partial charge < -0.3 is 15.1 Å². The van der Waals surface area contributed by atoms with E-state index < -0.39 is 0 Å². The van der Waals surface area contributed by atoms with Crippen LogP contribution in [0.15, 0.2) is 70.4 Å². The van der Waals surface area contributed by atoms with E-state index in [0.717, 1.165) is 16.8 Å². The summed E-state index contributed by atoms with van der Waals surface area (Å²) in [5, 5.41) is 14.5. The molecule has 0 radical (unpaired) electrons. The molecule has 2 N–H and O–H groups in total. The number of halogens is 1. The maximum absolute atomic E-state index is 13.1. The lowest BCUT2D eigenvalue weighted by Crippen LogP contribution is -2.24. The molecule has 174 valence electrons. The van der Waals surface area contributed by atoms with Gasteiger partial charge in [-0.05, 0) is 67.4 Å². The van der Waals surface area contributed by atoms with Gasteiger partial charge in [-0.25, -0.2) is 4.39 Å². The summed E-state index contributed by atoms with van der Waals surface area (Å²) in [5.41, 5.74) is 3.39. The lowest BCUT2D eigenvalue weighted by molar-refractivity contribution is -0.113. The van der Waals surface area contributed by atoms with Crippen molar-refractivity contribution in [1.82, 2.24) is 20.1 Å². The minimum absolute atomic E-state index is 0.0686. The van der Waals surface area contributed by atoms with Crippen LogP contribution in [-0.4, -0.2) is 32.3 Å². The van der Waals surface area contributed by atoms with Gasteiger partial charge in [0.05, 0.1) is 24.2 Å². The normalized spacial score (nSPS) is 10.8. The van der Waals surface area contributed by atoms with Crippen LogP contribution in [0.1, 0.15) is 27.5 Å². The molecule has 2 aromatic heterocycles. The molecule has 0 aliphatic carbocycles. The van der Waals surface area contributed by atoms with Crippen molar-refractivity contribution in [3.63, 3.8) is 0 Å². The van der Waals surface area contributed by atoms with E-state index in [4.69, 9.17) is 4.42 Å². The van der Waals surface area contributed by atoms with Gasteiger partial charge in [0, 0.05) is 5.69 Å². The Hall–Kier alpha value is -3.92. The molecule has 0 bridgehead atoms. The second-order valence-corrected chi connectivity index (χ2v) is 8.47. The highest BCUT2D eigenvalue weighted by Crippen LogP contribution is 2.25. The summed E-state index contributed by atoms with van der Waals surface area (Å²) >= 11 is 1.21. The third kappa shape index (κ3) is 5.52. The largest absolute Gasteiger partial charge is 0.459 e. The van der Waals surface area contributed by atoms with Gasteiger partial charge >= 0.3 is 0 Å². The standard InChI is InChI=1S/C24H22FN5O3S/c1-15-5-6-16(2)19(12-15)30-21(13-26-23(32)20-4-3-11-33-20)28-29-24(30)34-14-22(31)27-18-9-7-17(25)8-10-18/h3-12H,13-14H2,1-2H3,(H,26,32)(H,27,31). The molecule has 10 heteroatoms. The number of anilines is 1. The molecule has 0 spiro atoms. The zero-order valence-corrected chi connectivity index (χ0v) is 19.4. The fourth-order valence-electron chi connectivity index (χ4n) is 3.23. The lowest BCUT2D eigenvalue weighted by Gasteiger charge is -2.14. The predicted molar refractivity (Wildman–Crippen MR) is 126 cm³/mol. The van der Waals surface area contributed by atoms with Gasteiger partial charge in [0.25, 0.3) is 5.91 Å². The number of hydrogen-bond acceptors (Lipinski definition) is 6. The van der Waals surface area contributed by atoms with Gasteiger partial charge in [0.1, 0.15) is 5.82 Å². The molecule has 34 heavy (non-hydrogen) atoms. The Kier molecular flexibility index (Phi) is 7.07. The van der Waals surface area contributed by atoms with Crippen molar-refractivity contribution in [2.75, 3.05) is 11.1 Å². The average Bonchev–Trinajstić information content (AvgIpc) is 3.50. The van der Waals surface area contributed by atoms with Crippen LogP contribution in [0.2, 0.25) is 0 Å². The third-order valence-electron chi connectivity index (χ3n) is 4.92. The third-order valence-corrected chi connectivity index (χ3v) is 5.85. The lowest BCUT2D eigenvalue weighted by atomic mass is 10.1. The minimum Gasteiger partial charge on any atom is -0.459 e. The molecule has 0 aliphatic heterocycles. The van der Waals surface area contributed by atoms with E-state index in [-0.39, 0.29) is 35.7 Å². The summed E-state index contributed by atoms with van der Waals surface area (Å²) in [5.74, 6) is -0.229. The van der Waals surface area contributed by atoms with Gasteiger partial charge in [0.2, 0.25) is 5.91 Å². The van der Waals surface area contributed by atoms with Crippen molar-refractivity contribution in [3.8, 4) is 5.69 Å². The summed E-state index contributed by atoms with van der Waals surface area (Å²) in [6.07, 6.45) is 1.43. The molecule has 8 nitrogen and oxygen atoms in total. The van der Waals surface area contributed by atoms with Crippen molar-refractivity contribution >= 4 is 29.3 Å². The molecule has 0 atom stereocenters. The van der Waals surface area contributed by atoms with E-state index in [2.05, 4.69) is 20.8 Å². The Balaban J connectivity index is 1.54. The molecule has 2 heterocycles. The van der Waals surface area contributed by atoms with Crippen molar-refractivity contribution in [1.29, 1.82) is 0 Å². The van der Waals surface area contributed by atoms with Gasteiger partial charge in [0.15, 0.2) is 16.7 Å². The van der Waals surface area contributed by atoms with E-state index in [0.29, 0.717) is 16.7 Å². The van der Waals surface area contributed by atoms with E-state index in [1.54, 1.807) is 12.1 Å². The first-order chi connectivity index (χ1) is 16.4. The second kappa shape index (κ2) is 10.3. The van der Waals surface area contributed by atoms with Gasteiger partial charge in [-0.15, -0.1) is 10.2 Å². The smallest absolute Gasteiger partial charge is 0.287 e. The average molecular weight is 480 g/mol. The summed E-state index contributed by atoms with van der Waals surface area (Å²) in [6, 6.07) is 14.8. The SMILES string of the molecule is Cc1ccc(C)c(-n2c(CNC(=O)c3ccco3)nnc2SCC(=O)Nc2ccc(F)cc2)c1. The first kappa shape index (κ1) is 23.2. The number of aromatic nitrogens is 3.